The quantitative estimate of drug-likeness (QED) is 0.294. The number of hydrogen-bond donors (Lipinski definition) is 3. The standard InChI is InChI=1S/C27H37N5O2/c1-19-10-9-16-27(2,31-19)15-6-3-7-17-32-22-13-4-5-14-23(22)34-24(26(32)33)18-20-11-8-12-21(30-20)25(28)29/h4-5,8,11-14,19,24,31H,3,6-7,9-10,15-18H2,1-2H3,(H3,28,29)/t19-,24?,27+/m0/s1. The molecule has 7 heteroatoms. The number of piperidine rings is 1. The van der Waals surface area contributed by atoms with Crippen LogP contribution in [0.5, 0.6) is 5.75 Å². The van der Waals surface area contributed by atoms with Crippen molar-refractivity contribution in [3.8, 4) is 5.75 Å². The van der Waals surface area contributed by atoms with E-state index in [2.05, 4.69) is 24.1 Å². The average Bonchev–Trinajstić information content (AvgIpc) is 2.81. The van der Waals surface area contributed by atoms with Crippen molar-refractivity contribution < 1.29 is 9.53 Å². The van der Waals surface area contributed by atoms with Gasteiger partial charge in [0.1, 0.15) is 17.3 Å². The van der Waals surface area contributed by atoms with Gasteiger partial charge in [-0.2, -0.15) is 0 Å². The lowest BCUT2D eigenvalue weighted by Gasteiger charge is -2.39. The summed E-state index contributed by atoms with van der Waals surface area (Å²) in [7, 11) is 0. The Morgan fingerprint density at radius 2 is 2.06 bits per heavy atom. The maximum Gasteiger partial charge on any atom is 0.268 e. The van der Waals surface area contributed by atoms with Crippen LogP contribution >= 0.6 is 0 Å². The molecule has 3 heterocycles. The first-order valence-electron chi connectivity index (χ1n) is 12.5. The van der Waals surface area contributed by atoms with E-state index < -0.39 is 6.10 Å². The molecule has 0 bridgehead atoms. The van der Waals surface area contributed by atoms with Gasteiger partial charge in [0.25, 0.3) is 5.91 Å². The van der Waals surface area contributed by atoms with Gasteiger partial charge in [-0.05, 0) is 63.8 Å². The molecule has 4 rings (SSSR count). The number of nitrogens with two attached hydrogens (primary N) is 1. The van der Waals surface area contributed by atoms with Crippen LogP contribution in [-0.2, 0) is 11.2 Å². The van der Waals surface area contributed by atoms with Gasteiger partial charge in [0.15, 0.2) is 6.10 Å². The van der Waals surface area contributed by atoms with E-state index >= 15 is 0 Å². The summed E-state index contributed by atoms with van der Waals surface area (Å²) in [6, 6.07) is 13.7. The van der Waals surface area contributed by atoms with Crippen molar-refractivity contribution in [1.29, 1.82) is 5.41 Å². The third-order valence-electron chi connectivity index (χ3n) is 7.01. The maximum absolute atomic E-state index is 13.4. The molecule has 0 aliphatic carbocycles. The molecule has 1 saturated heterocycles. The number of carbonyl (C=O) groups excluding carboxylic acids is 1. The number of pyridine rings is 1. The van der Waals surface area contributed by atoms with Crippen molar-refractivity contribution in [3.63, 3.8) is 0 Å². The summed E-state index contributed by atoms with van der Waals surface area (Å²) in [6.07, 6.45) is 7.88. The maximum atomic E-state index is 13.4. The highest BCUT2D eigenvalue weighted by Crippen LogP contribution is 2.35. The molecule has 4 N–H and O–H groups in total. The van der Waals surface area contributed by atoms with Gasteiger partial charge < -0.3 is 20.7 Å². The first-order chi connectivity index (χ1) is 16.3. The molecule has 1 aromatic carbocycles. The molecular formula is C27H37N5O2. The molecule has 34 heavy (non-hydrogen) atoms. The van der Waals surface area contributed by atoms with Gasteiger partial charge in [0, 0.05) is 30.2 Å². The van der Waals surface area contributed by atoms with E-state index in [0.29, 0.717) is 30.4 Å². The van der Waals surface area contributed by atoms with Crippen LogP contribution in [0.25, 0.3) is 0 Å². The third-order valence-corrected chi connectivity index (χ3v) is 7.01. The molecule has 2 aliphatic rings. The molecule has 0 saturated carbocycles. The number of benzene rings is 1. The lowest BCUT2D eigenvalue weighted by molar-refractivity contribution is -0.126. The lowest BCUT2D eigenvalue weighted by Crippen LogP contribution is -2.50. The van der Waals surface area contributed by atoms with E-state index in [0.717, 1.165) is 30.7 Å². The Hall–Kier alpha value is -2.93. The van der Waals surface area contributed by atoms with Crippen LogP contribution in [0.1, 0.15) is 70.2 Å². The molecule has 0 spiro atoms. The molecule has 1 fully saturated rings. The minimum Gasteiger partial charge on any atom is -0.478 e. The highest BCUT2D eigenvalue weighted by atomic mass is 16.5. The topological polar surface area (TPSA) is 104 Å². The molecule has 182 valence electrons. The molecule has 2 aromatic rings. The number of anilines is 1. The third kappa shape index (κ3) is 5.76. The average molecular weight is 464 g/mol. The normalized spacial score (nSPS) is 24.4. The van der Waals surface area contributed by atoms with Gasteiger partial charge in [-0.3, -0.25) is 10.2 Å². The van der Waals surface area contributed by atoms with Crippen LogP contribution in [0.4, 0.5) is 5.69 Å². The Morgan fingerprint density at radius 1 is 1.24 bits per heavy atom. The summed E-state index contributed by atoms with van der Waals surface area (Å²) in [4.78, 5) is 19.7. The van der Waals surface area contributed by atoms with E-state index in [1.165, 1.54) is 25.7 Å². The van der Waals surface area contributed by atoms with E-state index in [4.69, 9.17) is 15.9 Å². The summed E-state index contributed by atoms with van der Waals surface area (Å²) in [5.74, 6) is 0.600. The summed E-state index contributed by atoms with van der Waals surface area (Å²) in [6.45, 7) is 5.31. The van der Waals surface area contributed by atoms with Gasteiger partial charge in [-0.15, -0.1) is 0 Å². The van der Waals surface area contributed by atoms with Crippen molar-refractivity contribution in [2.75, 3.05) is 11.4 Å². The van der Waals surface area contributed by atoms with Gasteiger partial charge >= 0.3 is 0 Å². The fourth-order valence-corrected chi connectivity index (χ4v) is 5.27. The Labute approximate surface area is 202 Å². The van der Waals surface area contributed by atoms with Crippen molar-refractivity contribution in [1.82, 2.24) is 10.3 Å². The summed E-state index contributed by atoms with van der Waals surface area (Å²) in [5, 5.41) is 11.4. The van der Waals surface area contributed by atoms with Gasteiger partial charge in [-0.25, -0.2) is 4.98 Å². The van der Waals surface area contributed by atoms with Crippen molar-refractivity contribution >= 4 is 17.4 Å². The zero-order valence-electron chi connectivity index (χ0n) is 20.3. The summed E-state index contributed by atoms with van der Waals surface area (Å²) >= 11 is 0. The number of ether oxygens (including phenoxy) is 1. The molecule has 1 aromatic heterocycles. The van der Waals surface area contributed by atoms with Crippen molar-refractivity contribution in [3.05, 3.63) is 53.9 Å². The summed E-state index contributed by atoms with van der Waals surface area (Å²) in [5.41, 5.74) is 7.76. The monoisotopic (exact) mass is 463 g/mol. The zero-order valence-corrected chi connectivity index (χ0v) is 20.3. The lowest BCUT2D eigenvalue weighted by atomic mass is 9.84. The second-order valence-corrected chi connectivity index (χ2v) is 10.0. The fourth-order valence-electron chi connectivity index (χ4n) is 5.27. The highest BCUT2D eigenvalue weighted by molar-refractivity contribution is 6.00. The van der Waals surface area contributed by atoms with E-state index in [-0.39, 0.29) is 17.3 Å². The zero-order chi connectivity index (χ0) is 24.1. The number of nitrogens with one attached hydrogen (secondary N) is 2. The Bertz CT molecular complexity index is 1030. The number of rotatable bonds is 9. The molecule has 3 atom stereocenters. The van der Waals surface area contributed by atoms with Crippen molar-refractivity contribution in [2.24, 2.45) is 5.73 Å². The molecular weight excluding hydrogens is 426 g/mol. The second-order valence-electron chi connectivity index (χ2n) is 10.0. The van der Waals surface area contributed by atoms with Crippen LogP contribution in [0.2, 0.25) is 0 Å². The molecule has 7 nitrogen and oxygen atoms in total. The molecule has 2 aliphatic heterocycles. The number of fused-ring (bicyclic) bond motifs is 1. The van der Waals surface area contributed by atoms with E-state index in [1.807, 2.05) is 35.2 Å². The Morgan fingerprint density at radius 3 is 2.85 bits per heavy atom. The number of nitrogen functional groups attached to an aromatic ring is 1. The van der Waals surface area contributed by atoms with Crippen LogP contribution in [0, 0.1) is 5.41 Å². The van der Waals surface area contributed by atoms with Gasteiger partial charge in [0.05, 0.1) is 5.69 Å². The van der Waals surface area contributed by atoms with Crippen molar-refractivity contribution in [2.45, 2.75) is 82.9 Å². The number of nitrogens with zero attached hydrogens (tertiary/aromatic N) is 2. The minimum absolute atomic E-state index is 0.0385. The largest absolute Gasteiger partial charge is 0.478 e. The number of para-hydroxylation sites is 2. The molecule has 1 amide bonds. The Balaban J connectivity index is 1.37. The number of aromatic nitrogens is 1. The van der Waals surface area contributed by atoms with E-state index in [1.54, 1.807) is 12.1 Å². The number of unbranched alkanes of at least 4 members (excludes halogenated alkanes) is 2. The first kappa shape index (κ1) is 24.2. The fraction of sp³-hybridized carbons (Fsp3) is 0.519. The molecule has 1 unspecified atom stereocenters. The Kier molecular flexibility index (Phi) is 7.51. The second kappa shape index (κ2) is 10.6. The van der Waals surface area contributed by atoms with Crippen LogP contribution in [-0.4, -0.2) is 41.0 Å². The first-order valence-corrected chi connectivity index (χ1v) is 12.5. The SMILES string of the molecule is C[C@H]1CCC[C@@](C)(CCCCCN2C(=O)C(Cc3cccc(C(=N)N)n3)Oc3ccccc32)N1. The van der Waals surface area contributed by atoms with Crippen LogP contribution < -0.4 is 20.7 Å². The van der Waals surface area contributed by atoms with Gasteiger partial charge in [0.2, 0.25) is 0 Å². The number of amides is 1. The predicted octanol–water partition coefficient (Wildman–Crippen LogP) is 4.18. The smallest absolute Gasteiger partial charge is 0.268 e. The predicted molar refractivity (Wildman–Crippen MR) is 135 cm³/mol. The number of hydrogen-bond acceptors (Lipinski definition) is 5. The minimum atomic E-state index is -0.642. The van der Waals surface area contributed by atoms with Crippen LogP contribution in [0.3, 0.4) is 0 Å². The molecule has 0 radical (unpaired) electrons. The number of amidine groups is 1. The number of carbonyl (C=O) groups is 1. The van der Waals surface area contributed by atoms with Crippen LogP contribution in [0.15, 0.2) is 42.5 Å². The van der Waals surface area contributed by atoms with E-state index in [9.17, 15) is 4.79 Å². The highest BCUT2D eigenvalue weighted by Gasteiger charge is 2.34. The summed E-state index contributed by atoms with van der Waals surface area (Å²) < 4.78 is 6.08. The van der Waals surface area contributed by atoms with Gasteiger partial charge in [-0.1, -0.05) is 37.5 Å².